The van der Waals surface area contributed by atoms with Crippen LogP contribution in [0.2, 0.25) is 0 Å². The van der Waals surface area contributed by atoms with Crippen molar-refractivity contribution in [3.63, 3.8) is 0 Å². The van der Waals surface area contributed by atoms with Gasteiger partial charge in [0.1, 0.15) is 24.2 Å². The molecule has 0 bridgehead atoms. The molecule has 0 N–H and O–H groups in total. The molecule has 3 aromatic carbocycles. The first-order valence-corrected chi connectivity index (χ1v) is 10.6. The van der Waals surface area contributed by atoms with Gasteiger partial charge in [0.2, 0.25) is 0 Å². The third kappa shape index (κ3) is 4.58. The monoisotopic (exact) mass is 480 g/mol. The summed E-state index contributed by atoms with van der Waals surface area (Å²) in [6, 6.07) is 17.7. The first-order chi connectivity index (χ1) is 15.1. The van der Waals surface area contributed by atoms with Crippen molar-refractivity contribution in [3.8, 4) is 11.5 Å². The van der Waals surface area contributed by atoms with Crippen LogP contribution in [0.5, 0.6) is 11.5 Å². The van der Waals surface area contributed by atoms with Crippen LogP contribution < -0.4 is 9.47 Å². The number of carbonyl (C=O) groups excluding carboxylic acids is 1. The number of hydrogen-bond donors (Lipinski definition) is 0. The third-order valence-electron chi connectivity index (χ3n) is 5.21. The van der Waals surface area contributed by atoms with Gasteiger partial charge in [0.15, 0.2) is 6.29 Å². The first-order valence-electron chi connectivity index (χ1n) is 9.83. The molecule has 0 amide bonds. The van der Waals surface area contributed by atoms with Crippen molar-refractivity contribution in [2.45, 2.75) is 19.6 Å². The number of benzene rings is 3. The van der Waals surface area contributed by atoms with Gasteiger partial charge in [-0.15, -0.1) is 0 Å². The lowest BCUT2D eigenvalue weighted by Gasteiger charge is -2.26. The van der Waals surface area contributed by atoms with Gasteiger partial charge in [-0.05, 0) is 39.5 Å². The third-order valence-corrected chi connectivity index (χ3v) is 6.00. The van der Waals surface area contributed by atoms with Gasteiger partial charge in [0.25, 0.3) is 0 Å². The number of rotatable bonds is 9. The second-order valence-electron chi connectivity index (χ2n) is 6.97. The van der Waals surface area contributed by atoms with Crippen LogP contribution in [-0.2, 0) is 11.3 Å². The van der Waals surface area contributed by atoms with E-state index in [4.69, 9.17) is 14.2 Å². The smallest absolute Gasteiger partial charge is 0.154 e. The van der Waals surface area contributed by atoms with Gasteiger partial charge in [-0.25, -0.2) is 0 Å². The van der Waals surface area contributed by atoms with Crippen LogP contribution in [0, 0.1) is 6.92 Å². The van der Waals surface area contributed by atoms with Crippen molar-refractivity contribution in [2.75, 3.05) is 14.2 Å². The van der Waals surface area contributed by atoms with Crippen LogP contribution in [0.4, 0.5) is 0 Å². The predicted molar refractivity (Wildman–Crippen MR) is 127 cm³/mol. The molecule has 0 spiro atoms. The first kappa shape index (κ1) is 22.8. The Hall–Kier alpha value is -2.89. The highest BCUT2D eigenvalue weighted by Gasteiger charge is 2.30. The highest BCUT2D eigenvalue weighted by molar-refractivity contribution is 9.10. The molecule has 3 rings (SSSR count). The van der Waals surface area contributed by atoms with E-state index < -0.39 is 6.10 Å². The quantitative estimate of drug-likeness (QED) is 0.326. The Balaban J connectivity index is 2.25. The fourth-order valence-electron chi connectivity index (χ4n) is 3.66. The van der Waals surface area contributed by atoms with E-state index in [1.165, 1.54) is 0 Å². The van der Waals surface area contributed by atoms with Gasteiger partial charge >= 0.3 is 0 Å². The Morgan fingerprint density at radius 1 is 1.03 bits per heavy atom. The van der Waals surface area contributed by atoms with E-state index in [-0.39, 0.29) is 0 Å². The maximum atomic E-state index is 12.2. The molecular weight excluding hydrogens is 456 g/mol. The topological polar surface area (TPSA) is 44.8 Å². The maximum absolute atomic E-state index is 12.2. The molecule has 0 aliphatic rings. The van der Waals surface area contributed by atoms with E-state index in [1.54, 1.807) is 20.3 Å². The minimum absolute atomic E-state index is 0.312. The zero-order valence-electron chi connectivity index (χ0n) is 17.9. The number of halogens is 1. The minimum atomic E-state index is -0.512. The van der Waals surface area contributed by atoms with Crippen LogP contribution in [0.3, 0.4) is 0 Å². The highest BCUT2D eigenvalue weighted by Crippen LogP contribution is 2.47. The summed E-state index contributed by atoms with van der Waals surface area (Å²) in [6.07, 6.45) is 2.08. The Morgan fingerprint density at radius 2 is 1.71 bits per heavy atom. The van der Waals surface area contributed by atoms with Gasteiger partial charge < -0.3 is 14.2 Å². The highest BCUT2D eigenvalue weighted by atomic mass is 79.9. The van der Waals surface area contributed by atoms with Crippen LogP contribution in [-0.4, -0.2) is 20.5 Å². The van der Waals surface area contributed by atoms with Crippen LogP contribution in [0.15, 0.2) is 65.6 Å². The number of ether oxygens (including phenoxy) is 3. The lowest BCUT2D eigenvalue weighted by Crippen LogP contribution is -2.13. The van der Waals surface area contributed by atoms with Crippen molar-refractivity contribution in [1.29, 1.82) is 0 Å². The molecule has 0 aromatic heterocycles. The van der Waals surface area contributed by atoms with Crippen LogP contribution in [0.1, 0.15) is 44.3 Å². The molecule has 31 heavy (non-hydrogen) atoms. The number of hydrogen-bond acceptors (Lipinski definition) is 4. The van der Waals surface area contributed by atoms with Crippen LogP contribution in [0.25, 0.3) is 6.08 Å². The molecule has 0 heterocycles. The lowest BCUT2D eigenvalue weighted by molar-refractivity contribution is 0.111. The summed E-state index contributed by atoms with van der Waals surface area (Å²) in [6.45, 7) is 6.08. The van der Waals surface area contributed by atoms with E-state index in [1.807, 2.05) is 61.5 Å². The van der Waals surface area contributed by atoms with E-state index in [9.17, 15) is 4.79 Å². The van der Waals surface area contributed by atoms with E-state index >= 15 is 0 Å². The Bertz CT molecular complexity index is 1080. The normalized spacial score (nSPS) is 11.6. The molecule has 4 nitrogen and oxygen atoms in total. The van der Waals surface area contributed by atoms with Crippen molar-refractivity contribution in [3.05, 3.63) is 99.0 Å². The van der Waals surface area contributed by atoms with E-state index in [2.05, 4.69) is 22.5 Å². The summed E-state index contributed by atoms with van der Waals surface area (Å²) in [4.78, 5) is 12.2. The van der Waals surface area contributed by atoms with Crippen molar-refractivity contribution >= 4 is 28.3 Å². The summed E-state index contributed by atoms with van der Waals surface area (Å²) < 4.78 is 18.5. The summed E-state index contributed by atoms with van der Waals surface area (Å²) in [5.74, 6) is 1.04. The molecule has 1 unspecified atom stereocenters. The molecule has 0 fully saturated rings. The SMILES string of the molecule is C=Cc1ccccc1C(OC)c1c(Br)c(OC)c(C)c(C=O)c1OCc1ccccc1. The maximum Gasteiger partial charge on any atom is 0.154 e. The molecule has 160 valence electrons. The molecule has 0 saturated carbocycles. The Morgan fingerprint density at radius 3 is 2.32 bits per heavy atom. The molecule has 3 aromatic rings. The van der Waals surface area contributed by atoms with Gasteiger partial charge in [-0.3, -0.25) is 4.79 Å². The molecule has 0 saturated heterocycles. The zero-order chi connectivity index (χ0) is 22.4. The molecular formula is C26H25BrO4. The molecule has 5 heteroatoms. The molecule has 0 aliphatic carbocycles. The summed E-state index contributed by atoms with van der Waals surface area (Å²) in [5.41, 5.74) is 4.66. The van der Waals surface area contributed by atoms with Crippen LogP contribution >= 0.6 is 15.9 Å². The Kier molecular flexibility index (Phi) is 7.66. The summed E-state index contributed by atoms with van der Waals surface area (Å²) >= 11 is 3.69. The average molecular weight is 481 g/mol. The van der Waals surface area contributed by atoms with Gasteiger partial charge in [-0.2, -0.15) is 0 Å². The largest absolute Gasteiger partial charge is 0.495 e. The zero-order valence-corrected chi connectivity index (χ0v) is 19.4. The second-order valence-corrected chi connectivity index (χ2v) is 7.76. The number of carbonyl (C=O) groups is 1. The average Bonchev–Trinajstić information content (AvgIpc) is 2.81. The van der Waals surface area contributed by atoms with E-state index in [0.717, 1.165) is 23.0 Å². The second kappa shape index (κ2) is 10.4. The number of aldehydes is 1. The summed E-state index contributed by atoms with van der Waals surface area (Å²) in [5, 5.41) is 0. The van der Waals surface area contributed by atoms with Crippen molar-refractivity contribution in [2.24, 2.45) is 0 Å². The van der Waals surface area contributed by atoms with Crippen molar-refractivity contribution in [1.82, 2.24) is 0 Å². The van der Waals surface area contributed by atoms with Crippen molar-refractivity contribution < 1.29 is 19.0 Å². The fourth-order valence-corrected chi connectivity index (χ4v) is 4.51. The predicted octanol–water partition coefficient (Wildman–Crippen LogP) is 6.54. The van der Waals surface area contributed by atoms with Gasteiger partial charge in [-0.1, -0.05) is 67.3 Å². The Labute approximate surface area is 191 Å². The summed E-state index contributed by atoms with van der Waals surface area (Å²) in [7, 11) is 3.21. The van der Waals surface area contributed by atoms with Gasteiger partial charge in [0.05, 0.1) is 17.1 Å². The number of methoxy groups -OCH3 is 2. The minimum Gasteiger partial charge on any atom is -0.495 e. The molecule has 0 aliphatic heterocycles. The van der Waals surface area contributed by atoms with Gasteiger partial charge in [0, 0.05) is 18.2 Å². The molecule has 0 radical (unpaired) electrons. The molecule has 1 atom stereocenters. The standard InChI is InChI=1S/C26H25BrO4/c1-5-19-13-9-10-14-20(19)25(30-4)22-23(27)24(29-3)17(2)21(15-28)26(22)31-16-18-11-7-6-8-12-18/h5-15,25H,1,16H2,2-4H3. The lowest BCUT2D eigenvalue weighted by atomic mass is 9.92. The fraction of sp³-hybridized carbons (Fsp3) is 0.192. The van der Waals surface area contributed by atoms with E-state index in [0.29, 0.717) is 39.3 Å².